The maximum Gasteiger partial charge on any atom is 0.238 e. The third-order valence-corrected chi connectivity index (χ3v) is 5.30. The van der Waals surface area contributed by atoms with E-state index in [1.54, 1.807) is 11.9 Å². The summed E-state index contributed by atoms with van der Waals surface area (Å²) in [6.07, 6.45) is 2.84. The second kappa shape index (κ2) is 7.10. The molecule has 27 heavy (non-hydrogen) atoms. The number of nitrogens with one attached hydrogen (secondary N) is 1. The molecule has 1 N–H and O–H groups in total. The Hall–Kier alpha value is -2.16. The number of amides is 1. The minimum Gasteiger partial charge on any atom is -0.325 e. The lowest BCUT2D eigenvalue weighted by atomic mass is 9.95. The van der Waals surface area contributed by atoms with Crippen LogP contribution in [0, 0.1) is 0 Å². The number of carbonyl (C=O) groups excluding carboxylic acids is 1. The Balaban J connectivity index is 1.85. The molecule has 1 unspecified atom stereocenters. The molecular weight excluding hydrogens is 384 g/mol. The highest BCUT2D eigenvalue weighted by atomic mass is 35.5. The average molecular weight is 403 g/mol. The lowest BCUT2D eigenvalue weighted by Crippen LogP contribution is -2.15. The van der Waals surface area contributed by atoms with Gasteiger partial charge in [-0.3, -0.25) is 13.8 Å². The van der Waals surface area contributed by atoms with Gasteiger partial charge in [0.05, 0.1) is 11.1 Å². The first-order valence-corrected chi connectivity index (χ1v) is 9.82. The van der Waals surface area contributed by atoms with Gasteiger partial charge in [0, 0.05) is 23.3 Å². The third-order valence-electron chi connectivity index (χ3n) is 4.30. The molecule has 4 rings (SSSR count). The van der Waals surface area contributed by atoms with Gasteiger partial charge in [-0.05, 0) is 67.8 Å². The molecule has 7 nitrogen and oxygen atoms in total. The number of halogens is 1. The monoisotopic (exact) mass is 402 g/mol. The van der Waals surface area contributed by atoms with Crippen molar-refractivity contribution in [3.8, 4) is 0 Å². The van der Waals surface area contributed by atoms with E-state index in [4.69, 9.17) is 11.6 Å². The number of aryl methyl sites for hydroxylation is 1. The molecule has 1 atom stereocenters. The fourth-order valence-electron chi connectivity index (χ4n) is 3.29. The van der Waals surface area contributed by atoms with E-state index in [9.17, 15) is 4.79 Å². The van der Waals surface area contributed by atoms with E-state index in [0.717, 1.165) is 34.5 Å². The van der Waals surface area contributed by atoms with Gasteiger partial charge in [-0.1, -0.05) is 6.92 Å². The second-order valence-electron chi connectivity index (χ2n) is 6.58. The molecule has 1 amide bonds. The SMILES string of the molecule is CCCn1cc2c(C3C(=O)Nc4ccc(SN(C)C)cc43)nc(Cl)nc2n1. The van der Waals surface area contributed by atoms with E-state index < -0.39 is 5.92 Å². The number of hydrogen-bond donors (Lipinski definition) is 1. The van der Waals surface area contributed by atoms with E-state index in [0.29, 0.717) is 11.3 Å². The molecule has 0 spiro atoms. The molecule has 1 aliphatic rings. The van der Waals surface area contributed by atoms with Crippen molar-refractivity contribution < 1.29 is 4.79 Å². The van der Waals surface area contributed by atoms with Gasteiger partial charge in [0.15, 0.2) is 5.65 Å². The Labute approximate surface area is 166 Å². The van der Waals surface area contributed by atoms with Crippen molar-refractivity contribution in [2.45, 2.75) is 30.7 Å². The first-order valence-electron chi connectivity index (χ1n) is 8.67. The van der Waals surface area contributed by atoms with Crippen molar-refractivity contribution in [3.63, 3.8) is 0 Å². The number of fused-ring (bicyclic) bond motifs is 2. The molecule has 3 heterocycles. The zero-order valence-electron chi connectivity index (χ0n) is 15.2. The van der Waals surface area contributed by atoms with Gasteiger partial charge in [-0.25, -0.2) is 4.98 Å². The van der Waals surface area contributed by atoms with Crippen LogP contribution in [0.2, 0.25) is 5.28 Å². The number of aromatic nitrogens is 4. The molecule has 0 aliphatic carbocycles. The molecule has 0 fully saturated rings. The topological polar surface area (TPSA) is 75.9 Å². The Morgan fingerprint density at radius 1 is 1.33 bits per heavy atom. The summed E-state index contributed by atoms with van der Waals surface area (Å²) < 4.78 is 3.83. The van der Waals surface area contributed by atoms with Gasteiger partial charge in [-0.2, -0.15) is 10.1 Å². The van der Waals surface area contributed by atoms with Crippen molar-refractivity contribution in [3.05, 3.63) is 40.9 Å². The van der Waals surface area contributed by atoms with Crippen LogP contribution in [0.1, 0.15) is 30.5 Å². The molecule has 1 aliphatic heterocycles. The number of benzene rings is 1. The summed E-state index contributed by atoms with van der Waals surface area (Å²) in [5.41, 5.74) is 2.80. The Morgan fingerprint density at radius 3 is 2.89 bits per heavy atom. The van der Waals surface area contributed by atoms with E-state index in [2.05, 4.69) is 27.3 Å². The summed E-state index contributed by atoms with van der Waals surface area (Å²) in [6.45, 7) is 2.85. The van der Waals surface area contributed by atoms with Crippen LogP contribution in [0.15, 0.2) is 29.3 Å². The van der Waals surface area contributed by atoms with Crippen LogP contribution < -0.4 is 5.32 Å². The number of hydrogen-bond acceptors (Lipinski definition) is 6. The quantitative estimate of drug-likeness (QED) is 0.519. The lowest BCUT2D eigenvalue weighted by molar-refractivity contribution is -0.116. The van der Waals surface area contributed by atoms with Crippen LogP contribution in [0.4, 0.5) is 5.69 Å². The molecule has 0 saturated carbocycles. The predicted octanol–water partition coefficient (Wildman–Crippen LogP) is 3.54. The fraction of sp³-hybridized carbons (Fsp3) is 0.333. The summed E-state index contributed by atoms with van der Waals surface area (Å²) in [5, 5.41) is 8.27. The largest absolute Gasteiger partial charge is 0.325 e. The molecule has 0 bridgehead atoms. The van der Waals surface area contributed by atoms with E-state index in [1.807, 2.05) is 47.5 Å². The van der Waals surface area contributed by atoms with E-state index in [1.165, 1.54) is 0 Å². The highest BCUT2D eigenvalue weighted by Crippen LogP contribution is 2.41. The Kier molecular flexibility index (Phi) is 4.79. The van der Waals surface area contributed by atoms with Crippen molar-refractivity contribution in [1.29, 1.82) is 0 Å². The van der Waals surface area contributed by atoms with Crippen LogP contribution in [0.5, 0.6) is 0 Å². The van der Waals surface area contributed by atoms with Gasteiger partial charge < -0.3 is 5.32 Å². The summed E-state index contributed by atoms with van der Waals surface area (Å²) in [6, 6.07) is 5.95. The van der Waals surface area contributed by atoms with Crippen LogP contribution in [-0.4, -0.2) is 44.1 Å². The van der Waals surface area contributed by atoms with Gasteiger partial charge in [0.1, 0.15) is 5.92 Å². The van der Waals surface area contributed by atoms with Crippen molar-refractivity contribution in [2.24, 2.45) is 0 Å². The molecule has 2 aromatic heterocycles. The van der Waals surface area contributed by atoms with Gasteiger partial charge in [0.2, 0.25) is 11.2 Å². The highest BCUT2D eigenvalue weighted by molar-refractivity contribution is 7.97. The normalized spacial score (nSPS) is 16.2. The van der Waals surface area contributed by atoms with Gasteiger partial charge in [0.25, 0.3) is 0 Å². The summed E-state index contributed by atoms with van der Waals surface area (Å²) in [7, 11) is 3.96. The molecule has 1 aromatic carbocycles. The smallest absolute Gasteiger partial charge is 0.238 e. The first kappa shape index (κ1) is 18.2. The predicted molar refractivity (Wildman–Crippen MR) is 107 cm³/mol. The minimum atomic E-state index is -0.537. The van der Waals surface area contributed by atoms with E-state index >= 15 is 0 Å². The van der Waals surface area contributed by atoms with Crippen LogP contribution in [0.25, 0.3) is 11.0 Å². The summed E-state index contributed by atoms with van der Waals surface area (Å²) in [4.78, 5) is 22.5. The number of anilines is 1. The zero-order valence-corrected chi connectivity index (χ0v) is 16.8. The van der Waals surface area contributed by atoms with Crippen LogP contribution >= 0.6 is 23.5 Å². The third kappa shape index (κ3) is 3.40. The second-order valence-corrected chi connectivity index (χ2v) is 8.30. The van der Waals surface area contributed by atoms with Crippen LogP contribution in [-0.2, 0) is 11.3 Å². The van der Waals surface area contributed by atoms with Crippen molar-refractivity contribution >= 4 is 46.2 Å². The summed E-state index contributed by atoms with van der Waals surface area (Å²) in [5.74, 6) is -0.652. The molecular formula is C18H19ClN6OS. The van der Waals surface area contributed by atoms with Crippen molar-refractivity contribution in [2.75, 3.05) is 19.4 Å². The Morgan fingerprint density at radius 2 is 2.15 bits per heavy atom. The van der Waals surface area contributed by atoms with Gasteiger partial charge in [-0.15, -0.1) is 0 Å². The Bertz CT molecular complexity index is 1030. The van der Waals surface area contributed by atoms with Gasteiger partial charge >= 0.3 is 0 Å². The summed E-state index contributed by atoms with van der Waals surface area (Å²) >= 11 is 7.75. The molecule has 3 aromatic rings. The maximum atomic E-state index is 12.8. The maximum absolute atomic E-state index is 12.8. The number of carbonyl (C=O) groups is 1. The molecule has 0 saturated heterocycles. The molecule has 9 heteroatoms. The lowest BCUT2D eigenvalue weighted by Gasteiger charge is -2.12. The van der Waals surface area contributed by atoms with Crippen molar-refractivity contribution in [1.82, 2.24) is 24.1 Å². The standard InChI is InChI=1S/C18H19ClN6OS/c1-4-7-25-9-12-15(21-18(19)22-16(12)23-25)14-11-8-10(27-24(2)3)5-6-13(11)20-17(14)26/h5-6,8-9,14H,4,7H2,1-3H3,(H,20,26). The zero-order chi connectivity index (χ0) is 19.1. The number of rotatable bonds is 5. The highest BCUT2D eigenvalue weighted by Gasteiger charge is 2.35. The van der Waals surface area contributed by atoms with E-state index in [-0.39, 0.29) is 11.2 Å². The first-order chi connectivity index (χ1) is 13.0. The molecule has 0 radical (unpaired) electrons. The van der Waals surface area contributed by atoms with Crippen LogP contribution in [0.3, 0.4) is 0 Å². The fourth-order valence-corrected chi connectivity index (χ4v) is 4.19. The number of nitrogens with zero attached hydrogens (tertiary/aromatic N) is 5. The molecule has 140 valence electrons. The minimum absolute atomic E-state index is 0.0966. The average Bonchev–Trinajstić information content (AvgIpc) is 3.13.